The summed E-state index contributed by atoms with van der Waals surface area (Å²) in [6, 6.07) is 6.07. The minimum Gasteiger partial charge on any atom is -0.370 e. The van der Waals surface area contributed by atoms with E-state index in [1.165, 1.54) is 0 Å². The Hall–Kier alpha value is -1.78. The summed E-state index contributed by atoms with van der Waals surface area (Å²) in [5.41, 5.74) is 0. The van der Waals surface area contributed by atoms with Crippen LogP contribution in [0.2, 0.25) is 0 Å². The van der Waals surface area contributed by atoms with Gasteiger partial charge in [0, 0.05) is 32.6 Å². The molecule has 1 aliphatic rings. The Labute approximate surface area is 120 Å². The zero-order chi connectivity index (χ0) is 14.4. The molecule has 5 nitrogen and oxygen atoms in total. The number of nitrogens with one attached hydrogen (secondary N) is 2. The minimum absolute atomic E-state index is 0.151. The number of hydrogen-bond acceptors (Lipinski definition) is 4. The Morgan fingerprint density at radius 3 is 2.80 bits per heavy atom. The van der Waals surface area contributed by atoms with E-state index in [-0.39, 0.29) is 11.8 Å². The third-order valence-electron chi connectivity index (χ3n) is 3.73. The van der Waals surface area contributed by atoms with Crippen LogP contribution in [0.5, 0.6) is 0 Å². The third-order valence-corrected chi connectivity index (χ3v) is 3.73. The maximum atomic E-state index is 11.6. The first kappa shape index (κ1) is 14.6. The molecule has 0 bridgehead atoms. The van der Waals surface area contributed by atoms with Gasteiger partial charge < -0.3 is 15.5 Å². The number of pyridine rings is 1. The molecule has 2 N–H and O–H groups in total. The number of nitrogens with zero attached hydrogens (tertiary/aromatic N) is 2. The summed E-state index contributed by atoms with van der Waals surface area (Å²) >= 11 is 0. The van der Waals surface area contributed by atoms with Crippen molar-refractivity contribution in [3.05, 3.63) is 18.2 Å². The summed E-state index contributed by atoms with van der Waals surface area (Å²) in [6.07, 6.45) is 2.88. The van der Waals surface area contributed by atoms with Crippen molar-refractivity contribution in [1.29, 1.82) is 0 Å². The molecule has 0 aliphatic carbocycles. The molecule has 20 heavy (non-hydrogen) atoms. The molecule has 0 spiro atoms. The van der Waals surface area contributed by atoms with Gasteiger partial charge >= 0.3 is 0 Å². The maximum Gasteiger partial charge on any atom is 0.222 e. The van der Waals surface area contributed by atoms with Gasteiger partial charge in [0.05, 0.1) is 0 Å². The molecule has 5 heteroatoms. The summed E-state index contributed by atoms with van der Waals surface area (Å²) in [7, 11) is 1.71. The van der Waals surface area contributed by atoms with Gasteiger partial charge in [-0.3, -0.25) is 4.79 Å². The van der Waals surface area contributed by atoms with E-state index in [0.29, 0.717) is 0 Å². The van der Waals surface area contributed by atoms with Crippen molar-refractivity contribution in [3.8, 4) is 0 Å². The van der Waals surface area contributed by atoms with Crippen molar-refractivity contribution in [1.82, 2.24) is 10.3 Å². The van der Waals surface area contributed by atoms with Gasteiger partial charge in [0.15, 0.2) is 0 Å². The molecule has 0 saturated carbocycles. The second-order valence-corrected chi connectivity index (χ2v) is 5.18. The fourth-order valence-corrected chi connectivity index (χ4v) is 2.53. The van der Waals surface area contributed by atoms with Crippen LogP contribution in [0.25, 0.3) is 0 Å². The van der Waals surface area contributed by atoms with Crippen molar-refractivity contribution < 1.29 is 4.79 Å². The van der Waals surface area contributed by atoms with Crippen LogP contribution in [0.4, 0.5) is 11.6 Å². The number of piperidine rings is 1. The van der Waals surface area contributed by atoms with Crippen LogP contribution >= 0.6 is 0 Å². The summed E-state index contributed by atoms with van der Waals surface area (Å²) in [5.74, 6) is 2.24. The molecule has 0 atom stereocenters. The summed E-state index contributed by atoms with van der Waals surface area (Å²) < 4.78 is 0. The predicted octanol–water partition coefficient (Wildman–Crippen LogP) is 1.87. The summed E-state index contributed by atoms with van der Waals surface area (Å²) in [6.45, 7) is 4.86. The number of anilines is 2. The first-order valence-corrected chi connectivity index (χ1v) is 7.42. The molecule has 2 heterocycles. The second kappa shape index (κ2) is 7.12. The molecule has 2 rings (SSSR count). The van der Waals surface area contributed by atoms with Gasteiger partial charge in [-0.2, -0.15) is 0 Å². The van der Waals surface area contributed by atoms with Gasteiger partial charge in [0.25, 0.3) is 0 Å². The van der Waals surface area contributed by atoms with Crippen molar-refractivity contribution in [2.75, 3.05) is 36.9 Å². The van der Waals surface area contributed by atoms with Gasteiger partial charge in [0.2, 0.25) is 5.91 Å². The van der Waals surface area contributed by atoms with E-state index >= 15 is 0 Å². The molecule has 1 fully saturated rings. The first-order chi connectivity index (χ1) is 9.74. The van der Waals surface area contributed by atoms with E-state index in [1.807, 2.05) is 18.2 Å². The normalized spacial score (nSPS) is 16.0. The topological polar surface area (TPSA) is 57.3 Å². The highest BCUT2D eigenvalue weighted by Crippen LogP contribution is 2.22. The highest BCUT2D eigenvalue weighted by atomic mass is 16.1. The number of rotatable bonds is 5. The van der Waals surface area contributed by atoms with E-state index < -0.39 is 0 Å². The monoisotopic (exact) mass is 276 g/mol. The fourth-order valence-electron chi connectivity index (χ4n) is 2.53. The lowest BCUT2D eigenvalue weighted by Crippen LogP contribution is -2.39. The van der Waals surface area contributed by atoms with Crippen LogP contribution in [0, 0.1) is 5.92 Å². The maximum absolute atomic E-state index is 11.6. The lowest BCUT2D eigenvalue weighted by atomic mass is 9.96. The number of aromatic nitrogens is 1. The van der Waals surface area contributed by atoms with Gasteiger partial charge in [-0.1, -0.05) is 13.0 Å². The molecular weight excluding hydrogens is 252 g/mol. The highest BCUT2D eigenvalue weighted by molar-refractivity contribution is 5.78. The average Bonchev–Trinajstić information content (AvgIpc) is 2.52. The number of amides is 1. The molecule has 0 aromatic carbocycles. The Kier molecular flexibility index (Phi) is 5.21. The highest BCUT2D eigenvalue weighted by Gasteiger charge is 2.24. The minimum atomic E-state index is 0.151. The smallest absolute Gasteiger partial charge is 0.222 e. The first-order valence-electron chi connectivity index (χ1n) is 7.42. The van der Waals surface area contributed by atoms with Gasteiger partial charge in [-0.15, -0.1) is 0 Å². The fraction of sp³-hybridized carbons (Fsp3) is 0.600. The molecule has 0 radical (unpaired) electrons. The lowest BCUT2D eigenvalue weighted by Gasteiger charge is -2.32. The molecular formula is C15H24N4O. The third kappa shape index (κ3) is 3.62. The van der Waals surface area contributed by atoms with Gasteiger partial charge in [-0.25, -0.2) is 4.98 Å². The van der Waals surface area contributed by atoms with Crippen molar-refractivity contribution in [3.63, 3.8) is 0 Å². The molecule has 1 aliphatic heterocycles. The Morgan fingerprint density at radius 1 is 1.40 bits per heavy atom. The Balaban J connectivity index is 1.94. The largest absolute Gasteiger partial charge is 0.370 e. The summed E-state index contributed by atoms with van der Waals surface area (Å²) in [5, 5.41) is 6.05. The van der Waals surface area contributed by atoms with Crippen LogP contribution in [-0.2, 0) is 4.79 Å². The molecule has 0 unspecified atom stereocenters. The van der Waals surface area contributed by atoms with E-state index in [4.69, 9.17) is 0 Å². The number of carbonyl (C=O) groups excluding carboxylic acids is 1. The van der Waals surface area contributed by atoms with Crippen LogP contribution < -0.4 is 15.5 Å². The molecule has 110 valence electrons. The van der Waals surface area contributed by atoms with Crippen LogP contribution in [-0.4, -0.2) is 37.6 Å². The number of carbonyl (C=O) groups is 1. The van der Waals surface area contributed by atoms with Crippen LogP contribution in [0.15, 0.2) is 18.2 Å². The second-order valence-electron chi connectivity index (χ2n) is 5.18. The van der Waals surface area contributed by atoms with Crippen LogP contribution in [0.3, 0.4) is 0 Å². The number of hydrogen-bond donors (Lipinski definition) is 2. The molecule has 1 aromatic rings. The SMILES string of the molecule is CCCNc1cccc(N2CCC(C(=O)NC)CC2)n1. The van der Waals surface area contributed by atoms with Crippen molar-refractivity contribution in [2.45, 2.75) is 26.2 Å². The van der Waals surface area contributed by atoms with E-state index in [1.54, 1.807) is 7.05 Å². The van der Waals surface area contributed by atoms with Crippen molar-refractivity contribution in [2.24, 2.45) is 5.92 Å². The predicted molar refractivity (Wildman–Crippen MR) is 82.0 cm³/mol. The van der Waals surface area contributed by atoms with E-state index in [9.17, 15) is 4.79 Å². The Bertz CT molecular complexity index is 441. The molecule has 1 saturated heterocycles. The average molecular weight is 276 g/mol. The van der Waals surface area contributed by atoms with Crippen molar-refractivity contribution >= 4 is 17.5 Å². The summed E-state index contributed by atoms with van der Waals surface area (Å²) in [4.78, 5) is 18.5. The van der Waals surface area contributed by atoms with E-state index in [0.717, 1.165) is 50.5 Å². The zero-order valence-corrected chi connectivity index (χ0v) is 12.4. The van der Waals surface area contributed by atoms with Gasteiger partial charge in [-0.05, 0) is 31.4 Å². The quantitative estimate of drug-likeness (QED) is 0.862. The molecule has 1 aromatic heterocycles. The zero-order valence-electron chi connectivity index (χ0n) is 12.4. The standard InChI is InChI=1S/C15H24N4O/c1-3-9-17-13-5-4-6-14(18-13)19-10-7-12(8-11-19)15(20)16-2/h4-6,12H,3,7-11H2,1-2H3,(H,16,20)(H,17,18). The lowest BCUT2D eigenvalue weighted by molar-refractivity contribution is -0.125. The molecule has 1 amide bonds. The Morgan fingerprint density at radius 2 is 2.15 bits per heavy atom. The van der Waals surface area contributed by atoms with E-state index in [2.05, 4.69) is 27.4 Å². The van der Waals surface area contributed by atoms with Crippen LogP contribution in [0.1, 0.15) is 26.2 Å². The van der Waals surface area contributed by atoms with Gasteiger partial charge in [0.1, 0.15) is 11.6 Å².